The molecule has 0 heterocycles. The zero-order valence-electron chi connectivity index (χ0n) is 9.80. The van der Waals surface area contributed by atoms with E-state index in [9.17, 15) is 4.79 Å². The van der Waals surface area contributed by atoms with Crippen LogP contribution in [0.3, 0.4) is 0 Å². The molecular weight excluding hydrogens is 352 g/mol. The van der Waals surface area contributed by atoms with E-state index in [2.05, 4.69) is 37.2 Å². The summed E-state index contributed by atoms with van der Waals surface area (Å²) in [5.74, 6) is 0.335. The van der Waals surface area contributed by atoms with Crippen LogP contribution in [0.15, 0.2) is 15.0 Å². The molecular formula is C11H14Br2N2O2. The van der Waals surface area contributed by atoms with Crippen LogP contribution in [0.1, 0.15) is 13.8 Å². The summed E-state index contributed by atoms with van der Waals surface area (Å²) in [4.78, 5) is 11.7. The number of ether oxygens (including phenoxy) is 1. The molecule has 0 radical (unpaired) electrons. The Labute approximate surface area is 117 Å². The Morgan fingerprint density at radius 3 is 2.53 bits per heavy atom. The van der Waals surface area contributed by atoms with Crippen molar-refractivity contribution in [3.05, 3.63) is 15.0 Å². The molecule has 94 valence electrons. The predicted molar refractivity (Wildman–Crippen MR) is 76.3 cm³/mol. The summed E-state index contributed by atoms with van der Waals surface area (Å²) in [6.07, 6.45) is 0. The fourth-order valence-electron chi connectivity index (χ4n) is 1.18. The molecule has 0 spiro atoms. The number of nitrogens with two attached hydrogens (primary N) is 1. The van der Waals surface area contributed by atoms with E-state index in [1.54, 1.807) is 6.07 Å². The Kier molecular flexibility index (Phi) is 4.82. The minimum atomic E-state index is -0.102. The minimum absolute atomic E-state index is 0.0770. The number of hydrogen-bond acceptors (Lipinski definition) is 3. The van der Waals surface area contributed by atoms with E-state index in [0.29, 0.717) is 26.1 Å². The van der Waals surface area contributed by atoms with E-state index >= 15 is 0 Å². The maximum Gasteiger partial charge on any atom is 0.227 e. The van der Waals surface area contributed by atoms with Crippen LogP contribution in [0.4, 0.5) is 11.4 Å². The lowest BCUT2D eigenvalue weighted by Gasteiger charge is -2.15. The average Bonchev–Trinajstić information content (AvgIpc) is 2.26. The molecule has 1 amide bonds. The lowest BCUT2D eigenvalue weighted by atomic mass is 10.2. The summed E-state index contributed by atoms with van der Waals surface area (Å²) in [6.45, 7) is 3.65. The van der Waals surface area contributed by atoms with Gasteiger partial charge in [-0.15, -0.1) is 0 Å². The maximum absolute atomic E-state index is 11.7. The van der Waals surface area contributed by atoms with Crippen LogP contribution < -0.4 is 15.8 Å². The van der Waals surface area contributed by atoms with Crippen molar-refractivity contribution >= 4 is 49.1 Å². The zero-order valence-corrected chi connectivity index (χ0v) is 13.0. The van der Waals surface area contributed by atoms with Gasteiger partial charge in [0, 0.05) is 10.4 Å². The first kappa shape index (κ1) is 14.3. The van der Waals surface area contributed by atoms with E-state index < -0.39 is 0 Å². The van der Waals surface area contributed by atoms with Gasteiger partial charge in [0.2, 0.25) is 5.91 Å². The second-order valence-electron chi connectivity index (χ2n) is 3.81. The smallest absolute Gasteiger partial charge is 0.227 e. The van der Waals surface area contributed by atoms with Crippen LogP contribution in [0.5, 0.6) is 5.75 Å². The van der Waals surface area contributed by atoms with Gasteiger partial charge in [0.05, 0.1) is 23.0 Å². The summed E-state index contributed by atoms with van der Waals surface area (Å²) in [7, 11) is 1.53. The molecule has 0 aliphatic carbocycles. The first-order valence-electron chi connectivity index (χ1n) is 5.00. The van der Waals surface area contributed by atoms with Crippen molar-refractivity contribution in [2.24, 2.45) is 5.92 Å². The Bertz CT molecular complexity index is 448. The van der Waals surface area contributed by atoms with Crippen molar-refractivity contribution in [1.82, 2.24) is 0 Å². The van der Waals surface area contributed by atoms with Gasteiger partial charge in [0.25, 0.3) is 0 Å². The minimum Gasteiger partial charge on any atom is -0.493 e. The van der Waals surface area contributed by atoms with Gasteiger partial charge in [-0.25, -0.2) is 0 Å². The van der Waals surface area contributed by atoms with Gasteiger partial charge in [-0.2, -0.15) is 0 Å². The van der Waals surface area contributed by atoms with Gasteiger partial charge in [0.15, 0.2) is 5.75 Å². The van der Waals surface area contributed by atoms with Crippen LogP contribution in [0.2, 0.25) is 0 Å². The molecule has 0 atom stereocenters. The third-order valence-corrected chi connectivity index (χ3v) is 3.64. The lowest BCUT2D eigenvalue weighted by Crippen LogP contribution is -2.18. The third-order valence-electron chi connectivity index (χ3n) is 2.20. The van der Waals surface area contributed by atoms with Crippen LogP contribution in [0, 0.1) is 5.92 Å². The Morgan fingerprint density at radius 2 is 2.06 bits per heavy atom. The normalized spacial score (nSPS) is 10.5. The highest BCUT2D eigenvalue weighted by molar-refractivity contribution is 9.11. The van der Waals surface area contributed by atoms with Gasteiger partial charge < -0.3 is 15.8 Å². The van der Waals surface area contributed by atoms with Crippen LogP contribution in [-0.4, -0.2) is 13.0 Å². The van der Waals surface area contributed by atoms with Crippen molar-refractivity contribution in [1.29, 1.82) is 0 Å². The number of carbonyl (C=O) groups is 1. The SMILES string of the molecule is COc1c(NC(=O)C(C)C)cc(Br)c(N)c1Br. The second-order valence-corrected chi connectivity index (χ2v) is 5.46. The summed E-state index contributed by atoms with van der Waals surface area (Å²) in [5.41, 5.74) is 6.95. The summed E-state index contributed by atoms with van der Waals surface area (Å²) >= 11 is 6.66. The fourth-order valence-corrected chi connectivity index (χ4v) is 2.47. The molecule has 0 aliphatic rings. The van der Waals surface area contributed by atoms with Crippen LogP contribution >= 0.6 is 31.9 Å². The van der Waals surface area contributed by atoms with E-state index in [1.807, 2.05) is 13.8 Å². The van der Waals surface area contributed by atoms with Gasteiger partial charge in [-0.3, -0.25) is 4.79 Å². The average molecular weight is 366 g/mol. The van der Waals surface area contributed by atoms with Crippen LogP contribution in [0.25, 0.3) is 0 Å². The zero-order chi connectivity index (χ0) is 13.2. The van der Waals surface area contributed by atoms with Gasteiger partial charge in [-0.1, -0.05) is 13.8 Å². The molecule has 4 nitrogen and oxygen atoms in total. The molecule has 6 heteroatoms. The molecule has 0 fully saturated rings. The molecule has 0 bridgehead atoms. The predicted octanol–water partition coefficient (Wildman–Crippen LogP) is 3.40. The summed E-state index contributed by atoms with van der Waals surface area (Å²) in [6, 6.07) is 1.72. The third kappa shape index (κ3) is 3.13. The molecule has 1 aromatic carbocycles. The van der Waals surface area contributed by atoms with Crippen molar-refractivity contribution < 1.29 is 9.53 Å². The number of halogens is 2. The number of carbonyl (C=O) groups excluding carboxylic acids is 1. The van der Waals surface area contributed by atoms with Crippen molar-refractivity contribution in [2.75, 3.05) is 18.2 Å². The molecule has 3 N–H and O–H groups in total. The first-order chi connectivity index (χ1) is 7.88. The van der Waals surface area contributed by atoms with Crippen molar-refractivity contribution in [3.8, 4) is 5.75 Å². The standard InChI is InChI=1S/C11H14Br2N2O2/c1-5(2)11(16)15-7-4-6(12)9(14)8(13)10(7)17-3/h4-5H,14H2,1-3H3,(H,15,16). The van der Waals surface area contributed by atoms with Gasteiger partial charge >= 0.3 is 0 Å². The summed E-state index contributed by atoms with van der Waals surface area (Å²) < 4.78 is 6.55. The molecule has 1 aromatic rings. The highest BCUT2D eigenvalue weighted by Gasteiger charge is 2.17. The number of methoxy groups -OCH3 is 1. The number of nitrogens with one attached hydrogen (secondary N) is 1. The molecule has 17 heavy (non-hydrogen) atoms. The van der Waals surface area contributed by atoms with Gasteiger partial charge in [-0.05, 0) is 37.9 Å². The highest BCUT2D eigenvalue weighted by Crippen LogP contribution is 2.42. The monoisotopic (exact) mass is 364 g/mol. The fraction of sp³-hybridized carbons (Fsp3) is 0.364. The van der Waals surface area contributed by atoms with E-state index in [4.69, 9.17) is 10.5 Å². The molecule has 0 aliphatic heterocycles. The number of benzene rings is 1. The van der Waals surface area contributed by atoms with E-state index in [1.165, 1.54) is 7.11 Å². The maximum atomic E-state index is 11.7. The van der Waals surface area contributed by atoms with E-state index in [0.717, 1.165) is 0 Å². The summed E-state index contributed by atoms with van der Waals surface area (Å²) in [5, 5.41) is 2.79. The second kappa shape index (κ2) is 5.73. The number of hydrogen-bond donors (Lipinski definition) is 2. The largest absolute Gasteiger partial charge is 0.493 e. The molecule has 1 rings (SSSR count). The molecule has 0 saturated carbocycles. The molecule has 0 saturated heterocycles. The topological polar surface area (TPSA) is 64.3 Å². The van der Waals surface area contributed by atoms with Crippen molar-refractivity contribution in [3.63, 3.8) is 0 Å². The quantitative estimate of drug-likeness (QED) is 0.807. The van der Waals surface area contributed by atoms with Gasteiger partial charge in [0.1, 0.15) is 0 Å². The number of anilines is 2. The number of amides is 1. The Morgan fingerprint density at radius 1 is 1.47 bits per heavy atom. The first-order valence-corrected chi connectivity index (χ1v) is 6.59. The van der Waals surface area contributed by atoms with E-state index in [-0.39, 0.29) is 11.8 Å². The Balaban J connectivity index is 3.19. The Hall–Kier alpha value is -0.750. The molecule has 0 unspecified atom stereocenters. The number of nitrogen functional groups attached to an aromatic ring is 1. The highest BCUT2D eigenvalue weighted by atomic mass is 79.9. The van der Waals surface area contributed by atoms with Crippen LogP contribution in [-0.2, 0) is 4.79 Å². The molecule has 0 aromatic heterocycles. The lowest BCUT2D eigenvalue weighted by molar-refractivity contribution is -0.118. The number of rotatable bonds is 3. The van der Waals surface area contributed by atoms with Crippen molar-refractivity contribution in [2.45, 2.75) is 13.8 Å².